The maximum absolute atomic E-state index is 9.75. The predicted molar refractivity (Wildman–Crippen MR) is 81.9 cm³/mol. The van der Waals surface area contributed by atoms with Crippen molar-refractivity contribution in [1.82, 2.24) is 10.2 Å². The summed E-state index contributed by atoms with van der Waals surface area (Å²) >= 11 is 0. The van der Waals surface area contributed by atoms with Crippen molar-refractivity contribution in [3.8, 4) is 0 Å². The number of aliphatic hydroxyl groups is 1. The van der Waals surface area contributed by atoms with E-state index in [9.17, 15) is 5.11 Å². The lowest BCUT2D eigenvalue weighted by Gasteiger charge is -2.43. The van der Waals surface area contributed by atoms with Crippen molar-refractivity contribution in [3.05, 3.63) is 0 Å². The Morgan fingerprint density at radius 1 is 1.35 bits per heavy atom. The van der Waals surface area contributed by atoms with Crippen molar-refractivity contribution in [2.45, 2.75) is 57.0 Å². The molecule has 2 unspecified atom stereocenters. The smallest absolute Gasteiger partial charge is 0.0613 e. The number of hydrogen-bond donors (Lipinski definition) is 2. The van der Waals surface area contributed by atoms with Gasteiger partial charge in [-0.25, -0.2) is 0 Å². The van der Waals surface area contributed by atoms with Gasteiger partial charge < -0.3 is 20.1 Å². The summed E-state index contributed by atoms with van der Waals surface area (Å²) in [5.74, 6) is 0.853. The third-order valence-corrected chi connectivity index (χ3v) is 4.94. The molecule has 2 aliphatic rings. The molecule has 0 radical (unpaired) electrons. The number of ether oxygens (including phenoxy) is 1. The Morgan fingerprint density at radius 2 is 2.15 bits per heavy atom. The van der Waals surface area contributed by atoms with Gasteiger partial charge in [-0.1, -0.05) is 6.92 Å². The van der Waals surface area contributed by atoms with E-state index >= 15 is 0 Å². The average molecular weight is 284 g/mol. The minimum Gasteiger partial charge on any atom is -0.394 e. The van der Waals surface area contributed by atoms with E-state index in [1.165, 1.54) is 25.7 Å². The van der Waals surface area contributed by atoms with Gasteiger partial charge in [-0.15, -0.1) is 0 Å². The Kier molecular flexibility index (Phi) is 6.27. The van der Waals surface area contributed by atoms with E-state index in [0.29, 0.717) is 6.04 Å². The summed E-state index contributed by atoms with van der Waals surface area (Å²) in [6.45, 7) is 6.11. The van der Waals surface area contributed by atoms with Crippen LogP contribution < -0.4 is 5.32 Å². The van der Waals surface area contributed by atoms with Crippen LogP contribution in [0.1, 0.15) is 45.4 Å². The Bertz CT molecular complexity index is 280. The summed E-state index contributed by atoms with van der Waals surface area (Å²) in [7, 11) is 2.20. The average Bonchev–Trinajstić information content (AvgIpc) is 3.28. The van der Waals surface area contributed by atoms with Crippen LogP contribution in [0.4, 0.5) is 0 Å². The minimum atomic E-state index is -0.0548. The van der Waals surface area contributed by atoms with Crippen LogP contribution in [0.5, 0.6) is 0 Å². The molecule has 0 heterocycles. The van der Waals surface area contributed by atoms with E-state index in [2.05, 4.69) is 24.2 Å². The van der Waals surface area contributed by atoms with E-state index in [-0.39, 0.29) is 12.1 Å². The van der Waals surface area contributed by atoms with Gasteiger partial charge in [0.15, 0.2) is 0 Å². The van der Waals surface area contributed by atoms with Crippen LogP contribution in [0.3, 0.4) is 0 Å². The van der Waals surface area contributed by atoms with Crippen molar-refractivity contribution in [2.75, 3.05) is 40.0 Å². The molecule has 0 bridgehead atoms. The maximum atomic E-state index is 9.75. The second kappa shape index (κ2) is 7.74. The monoisotopic (exact) mass is 284 g/mol. The Morgan fingerprint density at radius 3 is 2.80 bits per heavy atom. The molecule has 2 atom stereocenters. The molecule has 20 heavy (non-hydrogen) atoms. The zero-order valence-electron chi connectivity index (χ0n) is 13.2. The number of hydrogen-bond acceptors (Lipinski definition) is 4. The van der Waals surface area contributed by atoms with Crippen molar-refractivity contribution < 1.29 is 9.84 Å². The van der Waals surface area contributed by atoms with Gasteiger partial charge in [0.2, 0.25) is 0 Å². The third-order valence-electron chi connectivity index (χ3n) is 4.94. The highest BCUT2D eigenvalue weighted by Crippen LogP contribution is 2.31. The topological polar surface area (TPSA) is 44.7 Å². The highest BCUT2D eigenvalue weighted by molar-refractivity contribution is 4.95. The zero-order valence-corrected chi connectivity index (χ0v) is 13.2. The van der Waals surface area contributed by atoms with Crippen LogP contribution in [-0.4, -0.2) is 61.5 Å². The SMILES string of the molecule is CCNC1(CO)CCCC(N(C)CCOCC2CC2)C1. The second-order valence-corrected chi connectivity index (χ2v) is 6.72. The second-order valence-electron chi connectivity index (χ2n) is 6.72. The number of aliphatic hydroxyl groups excluding tert-OH is 1. The first-order chi connectivity index (χ1) is 9.69. The van der Waals surface area contributed by atoms with Gasteiger partial charge in [0.05, 0.1) is 13.2 Å². The molecule has 2 saturated carbocycles. The first-order valence-electron chi connectivity index (χ1n) is 8.33. The lowest BCUT2D eigenvalue weighted by Crippen LogP contribution is -2.55. The summed E-state index contributed by atoms with van der Waals surface area (Å²) < 4.78 is 5.74. The molecule has 0 aromatic rings. The Labute approximate surface area is 123 Å². The fraction of sp³-hybridized carbons (Fsp3) is 1.00. The molecule has 2 N–H and O–H groups in total. The quantitative estimate of drug-likeness (QED) is 0.632. The molecule has 4 nitrogen and oxygen atoms in total. The molecular formula is C16H32N2O2. The zero-order chi connectivity index (χ0) is 14.4. The van der Waals surface area contributed by atoms with Crippen LogP contribution in [-0.2, 0) is 4.74 Å². The van der Waals surface area contributed by atoms with Gasteiger partial charge >= 0.3 is 0 Å². The van der Waals surface area contributed by atoms with Crippen molar-refractivity contribution >= 4 is 0 Å². The third kappa shape index (κ3) is 4.69. The Balaban J connectivity index is 1.71. The lowest BCUT2D eigenvalue weighted by molar-refractivity contribution is 0.0487. The van der Waals surface area contributed by atoms with E-state index in [4.69, 9.17) is 4.74 Å². The van der Waals surface area contributed by atoms with Crippen LogP contribution >= 0.6 is 0 Å². The first kappa shape index (κ1) is 16.2. The van der Waals surface area contributed by atoms with Crippen LogP contribution in [0.15, 0.2) is 0 Å². The molecule has 4 heteroatoms. The molecule has 2 fully saturated rings. The normalized spacial score (nSPS) is 30.9. The molecule has 0 aliphatic heterocycles. The number of rotatable bonds is 9. The van der Waals surface area contributed by atoms with Crippen molar-refractivity contribution in [1.29, 1.82) is 0 Å². The molecule has 0 saturated heterocycles. The molecule has 0 aromatic carbocycles. The van der Waals surface area contributed by atoms with Gasteiger partial charge in [0, 0.05) is 24.7 Å². The summed E-state index contributed by atoms with van der Waals surface area (Å²) in [4.78, 5) is 2.42. The number of likely N-dealkylation sites (N-methyl/N-ethyl adjacent to an activating group) is 2. The van der Waals surface area contributed by atoms with E-state index in [0.717, 1.165) is 45.1 Å². The van der Waals surface area contributed by atoms with Crippen LogP contribution in [0.2, 0.25) is 0 Å². The molecule has 2 aliphatic carbocycles. The largest absolute Gasteiger partial charge is 0.394 e. The highest BCUT2D eigenvalue weighted by Gasteiger charge is 2.36. The van der Waals surface area contributed by atoms with Crippen LogP contribution in [0.25, 0.3) is 0 Å². The van der Waals surface area contributed by atoms with E-state index in [1.54, 1.807) is 0 Å². The molecule has 2 rings (SSSR count). The molecule has 118 valence electrons. The molecule has 0 spiro atoms. The first-order valence-corrected chi connectivity index (χ1v) is 8.33. The van der Waals surface area contributed by atoms with Crippen molar-refractivity contribution in [3.63, 3.8) is 0 Å². The van der Waals surface area contributed by atoms with Gasteiger partial charge in [-0.2, -0.15) is 0 Å². The maximum Gasteiger partial charge on any atom is 0.0613 e. The van der Waals surface area contributed by atoms with Crippen molar-refractivity contribution in [2.24, 2.45) is 5.92 Å². The van der Waals surface area contributed by atoms with Gasteiger partial charge in [-0.05, 0) is 58.0 Å². The summed E-state index contributed by atoms with van der Waals surface area (Å²) in [5.41, 5.74) is -0.0548. The van der Waals surface area contributed by atoms with Gasteiger partial charge in [0.25, 0.3) is 0 Å². The van der Waals surface area contributed by atoms with Crippen LogP contribution in [0, 0.1) is 5.92 Å². The predicted octanol–water partition coefficient (Wildman–Crippen LogP) is 1.63. The number of nitrogens with zero attached hydrogens (tertiary/aromatic N) is 1. The van der Waals surface area contributed by atoms with E-state index < -0.39 is 0 Å². The summed E-state index contributed by atoms with van der Waals surface area (Å²) in [6, 6.07) is 0.569. The summed E-state index contributed by atoms with van der Waals surface area (Å²) in [6.07, 6.45) is 7.31. The standard InChI is InChI=1S/C16H32N2O2/c1-3-17-16(13-19)8-4-5-15(11-16)18(2)9-10-20-12-14-6-7-14/h14-15,17,19H,3-13H2,1-2H3. The number of nitrogens with one attached hydrogen (secondary N) is 1. The van der Waals surface area contributed by atoms with E-state index in [1.807, 2.05) is 0 Å². The molecule has 0 aromatic heterocycles. The lowest BCUT2D eigenvalue weighted by atomic mass is 9.79. The molecule has 0 amide bonds. The Hall–Kier alpha value is -0.160. The minimum absolute atomic E-state index is 0.0548. The fourth-order valence-corrected chi connectivity index (χ4v) is 3.37. The van der Waals surface area contributed by atoms with Gasteiger partial charge in [-0.3, -0.25) is 0 Å². The molecular weight excluding hydrogens is 252 g/mol. The fourth-order valence-electron chi connectivity index (χ4n) is 3.37. The summed E-state index contributed by atoms with van der Waals surface area (Å²) in [5, 5.41) is 13.3. The highest BCUT2D eigenvalue weighted by atomic mass is 16.5. The van der Waals surface area contributed by atoms with Gasteiger partial charge in [0.1, 0.15) is 0 Å².